The van der Waals surface area contributed by atoms with Gasteiger partial charge < -0.3 is 28.9 Å². The number of rotatable bonds is 1. The fourth-order valence-electron chi connectivity index (χ4n) is 2.77. The number of aryl methyl sites for hydroxylation is 1. The maximum atomic E-state index is 4.28. The van der Waals surface area contributed by atoms with Crippen LogP contribution in [0.4, 0.5) is 17.1 Å². The molecule has 0 aliphatic carbocycles. The van der Waals surface area contributed by atoms with E-state index >= 15 is 0 Å². The van der Waals surface area contributed by atoms with E-state index < -0.39 is 0 Å². The van der Waals surface area contributed by atoms with Gasteiger partial charge >= 0.3 is 0 Å². The van der Waals surface area contributed by atoms with Crippen molar-refractivity contribution in [2.24, 2.45) is 0 Å². The van der Waals surface area contributed by atoms with Gasteiger partial charge in [0.1, 0.15) is 11.4 Å². The van der Waals surface area contributed by atoms with Gasteiger partial charge in [-0.25, -0.2) is 4.90 Å². The smallest absolute Gasteiger partial charge is 0.180 e. The molecule has 1 aromatic carbocycles. The van der Waals surface area contributed by atoms with Crippen molar-refractivity contribution in [1.29, 1.82) is 0 Å². The lowest BCUT2D eigenvalue weighted by Gasteiger charge is -2.22. The van der Waals surface area contributed by atoms with Crippen LogP contribution in [0, 0.1) is 6.92 Å². The van der Waals surface area contributed by atoms with E-state index in [1.165, 1.54) is 27.5 Å². The maximum absolute atomic E-state index is 4.28. The Morgan fingerprint density at radius 2 is 1.89 bits per heavy atom. The van der Waals surface area contributed by atoms with Crippen molar-refractivity contribution in [3.05, 3.63) is 48.3 Å². The minimum atomic E-state index is 0. The number of nitrogens with zero attached hydrogens (tertiary/aromatic N) is 2. The zero-order valence-corrected chi connectivity index (χ0v) is 13.5. The molecule has 2 atom stereocenters. The quantitative estimate of drug-likeness (QED) is 0.656. The van der Waals surface area contributed by atoms with Crippen LogP contribution in [-0.4, -0.2) is 18.2 Å². The SMILES string of the molecule is Cc1ccccc1[NH+]1c2cnccc2N(C)[C@@H]1C.[I-]. The number of nitrogens with one attached hydrogen (secondary N) is 1. The standard InChI is InChI=1S/C15H17N3.HI/c1-11-6-4-5-7-13(11)18-12(2)17(3)14-8-9-16-10-15(14)18;/h4-10,12H,1-3H3;1H/t12-;/m0./s1. The van der Waals surface area contributed by atoms with Gasteiger partial charge in [0.05, 0.1) is 6.20 Å². The first kappa shape index (κ1) is 14.3. The van der Waals surface area contributed by atoms with Gasteiger partial charge in [0.25, 0.3) is 0 Å². The number of halogens is 1. The number of anilines is 1. The van der Waals surface area contributed by atoms with Gasteiger partial charge in [-0.3, -0.25) is 4.98 Å². The molecule has 2 aromatic rings. The Labute approximate surface area is 131 Å². The molecule has 1 aromatic heterocycles. The number of quaternary nitrogens is 1. The lowest BCUT2D eigenvalue weighted by Crippen LogP contribution is -3.06. The predicted molar refractivity (Wildman–Crippen MR) is 73.6 cm³/mol. The molecule has 2 heterocycles. The van der Waals surface area contributed by atoms with E-state index in [4.69, 9.17) is 0 Å². The number of benzene rings is 1. The van der Waals surface area contributed by atoms with Crippen LogP contribution in [0.3, 0.4) is 0 Å². The zero-order chi connectivity index (χ0) is 12.7. The molecule has 1 unspecified atom stereocenters. The third kappa shape index (κ3) is 2.23. The fourth-order valence-corrected chi connectivity index (χ4v) is 2.77. The van der Waals surface area contributed by atoms with Gasteiger partial charge in [-0.15, -0.1) is 0 Å². The monoisotopic (exact) mass is 367 g/mol. The van der Waals surface area contributed by atoms with E-state index in [2.05, 4.69) is 61.1 Å². The first-order valence-corrected chi connectivity index (χ1v) is 6.30. The van der Waals surface area contributed by atoms with Gasteiger partial charge in [0.15, 0.2) is 11.9 Å². The summed E-state index contributed by atoms with van der Waals surface area (Å²) in [7, 11) is 2.15. The molecule has 0 radical (unpaired) electrons. The molecule has 0 bridgehead atoms. The second-order valence-electron chi connectivity index (χ2n) is 4.91. The fraction of sp³-hybridized carbons (Fsp3) is 0.267. The maximum Gasteiger partial charge on any atom is 0.180 e. The van der Waals surface area contributed by atoms with Gasteiger partial charge in [-0.2, -0.15) is 0 Å². The van der Waals surface area contributed by atoms with Crippen molar-refractivity contribution in [2.45, 2.75) is 20.0 Å². The van der Waals surface area contributed by atoms with Crippen molar-refractivity contribution < 1.29 is 28.9 Å². The number of pyridine rings is 1. The Hall–Kier alpha value is -1.14. The van der Waals surface area contributed by atoms with Crippen molar-refractivity contribution >= 4 is 17.1 Å². The molecule has 3 rings (SSSR count). The van der Waals surface area contributed by atoms with Crippen LogP contribution in [0.2, 0.25) is 0 Å². The molecule has 1 aliphatic rings. The molecule has 100 valence electrons. The third-order valence-corrected chi connectivity index (χ3v) is 3.90. The number of hydrogen-bond donors (Lipinski definition) is 1. The second-order valence-corrected chi connectivity index (χ2v) is 4.91. The van der Waals surface area contributed by atoms with E-state index in [9.17, 15) is 0 Å². The molecule has 0 saturated carbocycles. The first-order chi connectivity index (χ1) is 8.70. The third-order valence-electron chi connectivity index (χ3n) is 3.90. The summed E-state index contributed by atoms with van der Waals surface area (Å²) >= 11 is 0. The highest BCUT2D eigenvalue weighted by Gasteiger charge is 2.37. The Balaban J connectivity index is 0.00000133. The highest BCUT2D eigenvalue weighted by atomic mass is 127. The molecule has 4 heteroatoms. The Morgan fingerprint density at radius 3 is 2.63 bits per heavy atom. The minimum absolute atomic E-state index is 0. The van der Waals surface area contributed by atoms with Crippen LogP contribution in [0.25, 0.3) is 0 Å². The van der Waals surface area contributed by atoms with Crippen molar-refractivity contribution in [3.8, 4) is 0 Å². The Bertz CT molecular complexity index is 585. The molecule has 0 fully saturated rings. The van der Waals surface area contributed by atoms with E-state index in [-0.39, 0.29) is 24.0 Å². The average Bonchev–Trinajstić information content (AvgIpc) is 2.64. The summed E-state index contributed by atoms with van der Waals surface area (Å²) in [5.41, 5.74) is 5.20. The van der Waals surface area contributed by atoms with Crippen LogP contribution in [-0.2, 0) is 0 Å². The molecule has 0 spiro atoms. The molecule has 1 N–H and O–H groups in total. The van der Waals surface area contributed by atoms with Crippen LogP contribution in [0.5, 0.6) is 0 Å². The number of fused-ring (bicyclic) bond motifs is 1. The van der Waals surface area contributed by atoms with E-state index in [0.29, 0.717) is 6.17 Å². The molecule has 1 aliphatic heterocycles. The van der Waals surface area contributed by atoms with Crippen molar-refractivity contribution in [1.82, 2.24) is 4.98 Å². The Kier molecular flexibility index (Phi) is 4.10. The summed E-state index contributed by atoms with van der Waals surface area (Å²) < 4.78 is 0. The van der Waals surface area contributed by atoms with Crippen LogP contribution >= 0.6 is 0 Å². The number of para-hydroxylation sites is 1. The second kappa shape index (κ2) is 5.46. The summed E-state index contributed by atoms with van der Waals surface area (Å²) in [6, 6.07) is 10.7. The largest absolute Gasteiger partial charge is 1.00 e. The van der Waals surface area contributed by atoms with E-state index in [1.54, 1.807) is 0 Å². The summed E-state index contributed by atoms with van der Waals surface area (Å²) in [5, 5.41) is 0. The number of aromatic nitrogens is 1. The normalized spacial score (nSPS) is 20.9. The lowest BCUT2D eigenvalue weighted by molar-refractivity contribution is -0.780. The lowest BCUT2D eigenvalue weighted by atomic mass is 10.1. The summed E-state index contributed by atoms with van der Waals surface area (Å²) in [5.74, 6) is 0. The van der Waals surface area contributed by atoms with Gasteiger partial charge in [-0.05, 0) is 19.1 Å². The predicted octanol–water partition coefficient (Wildman–Crippen LogP) is -0.962. The topological polar surface area (TPSA) is 20.6 Å². The highest BCUT2D eigenvalue weighted by Crippen LogP contribution is 2.29. The van der Waals surface area contributed by atoms with Crippen LogP contribution < -0.4 is 33.8 Å². The van der Waals surface area contributed by atoms with Gasteiger partial charge in [0.2, 0.25) is 0 Å². The summed E-state index contributed by atoms with van der Waals surface area (Å²) in [6.07, 6.45) is 4.24. The van der Waals surface area contributed by atoms with Gasteiger partial charge in [0, 0.05) is 25.7 Å². The Morgan fingerprint density at radius 1 is 1.16 bits per heavy atom. The minimum Gasteiger partial charge on any atom is -1.00 e. The highest BCUT2D eigenvalue weighted by molar-refractivity contribution is 5.66. The molecule has 19 heavy (non-hydrogen) atoms. The zero-order valence-electron chi connectivity index (χ0n) is 11.4. The van der Waals surface area contributed by atoms with Crippen molar-refractivity contribution in [2.75, 3.05) is 11.9 Å². The summed E-state index contributed by atoms with van der Waals surface area (Å²) in [6.45, 7) is 4.42. The van der Waals surface area contributed by atoms with E-state index in [0.717, 1.165) is 0 Å². The van der Waals surface area contributed by atoms with Crippen molar-refractivity contribution in [3.63, 3.8) is 0 Å². The number of hydrogen-bond acceptors (Lipinski definition) is 2. The van der Waals surface area contributed by atoms with E-state index in [1.807, 2.05) is 12.4 Å². The van der Waals surface area contributed by atoms with Gasteiger partial charge in [-0.1, -0.05) is 18.2 Å². The van der Waals surface area contributed by atoms with Crippen LogP contribution in [0.15, 0.2) is 42.7 Å². The molecular formula is C15H18IN3. The first-order valence-electron chi connectivity index (χ1n) is 6.30. The molecule has 0 amide bonds. The molecule has 0 saturated heterocycles. The molecular weight excluding hydrogens is 349 g/mol. The van der Waals surface area contributed by atoms with Crippen LogP contribution in [0.1, 0.15) is 12.5 Å². The molecule has 3 nitrogen and oxygen atoms in total. The summed E-state index contributed by atoms with van der Waals surface area (Å²) in [4.78, 5) is 7.99. The average molecular weight is 367 g/mol.